The van der Waals surface area contributed by atoms with Crippen molar-refractivity contribution in [3.63, 3.8) is 0 Å². The summed E-state index contributed by atoms with van der Waals surface area (Å²) in [7, 11) is 1.22. The van der Waals surface area contributed by atoms with E-state index in [-0.39, 0.29) is 32.0 Å². The second-order valence-electron chi connectivity index (χ2n) is 7.77. The molecule has 1 aliphatic carbocycles. The predicted molar refractivity (Wildman–Crippen MR) is 125 cm³/mol. The molecule has 2 amide bonds. The van der Waals surface area contributed by atoms with Crippen molar-refractivity contribution < 1.29 is 23.9 Å². The van der Waals surface area contributed by atoms with E-state index in [0.717, 1.165) is 22.3 Å². The highest BCUT2D eigenvalue weighted by molar-refractivity contribution is 5.88. The van der Waals surface area contributed by atoms with Gasteiger partial charge >= 0.3 is 12.1 Å². The molecule has 2 N–H and O–H groups in total. The summed E-state index contributed by atoms with van der Waals surface area (Å²) < 4.78 is 10.1. The minimum Gasteiger partial charge on any atom is -0.468 e. The van der Waals surface area contributed by atoms with Crippen LogP contribution in [0.2, 0.25) is 0 Å². The van der Waals surface area contributed by atoms with Gasteiger partial charge in [-0.05, 0) is 40.6 Å². The van der Waals surface area contributed by atoms with Gasteiger partial charge in [0.1, 0.15) is 19.2 Å². The van der Waals surface area contributed by atoms with Gasteiger partial charge in [0, 0.05) is 17.4 Å². The Bertz CT molecular complexity index is 1040. The maximum absolute atomic E-state index is 12.6. The Kier molecular flexibility index (Phi) is 8.88. The number of methoxy groups -OCH3 is 1. The van der Waals surface area contributed by atoms with Crippen LogP contribution in [0.1, 0.15) is 36.3 Å². The van der Waals surface area contributed by atoms with Gasteiger partial charge in [-0.15, -0.1) is 0 Å². The van der Waals surface area contributed by atoms with Gasteiger partial charge in [-0.3, -0.25) is 9.59 Å². The van der Waals surface area contributed by atoms with Crippen LogP contribution in [0.5, 0.6) is 0 Å². The Morgan fingerprint density at radius 1 is 1.06 bits per heavy atom. The molecule has 0 heterocycles. The van der Waals surface area contributed by atoms with Crippen LogP contribution < -0.4 is 10.6 Å². The molecule has 0 radical (unpaired) electrons. The summed E-state index contributed by atoms with van der Waals surface area (Å²) in [6.07, 6.45) is 0.643. The Morgan fingerprint density at radius 3 is 2.32 bits per heavy atom. The number of amides is 2. The van der Waals surface area contributed by atoms with Crippen LogP contribution in [0.4, 0.5) is 4.79 Å². The first-order valence-corrected chi connectivity index (χ1v) is 11.0. The number of rotatable bonds is 11. The zero-order valence-electron chi connectivity index (χ0n) is 18.9. The Morgan fingerprint density at radius 2 is 1.71 bits per heavy atom. The van der Waals surface area contributed by atoms with E-state index >= 15 is 0 Å². The van der Waals surface area contributed by atoms with Gasteiger partial charge in [0.15, 0.2) is 0 Å². The van der Waals surface area contributed by atoms with Crippen LogP contribution in [-0.4, -0.2) is 50.8 Å². The summed E-state index contributed by atoms with van der Waals surface area (Å²) in [5.74, 6) is -1.23. The number of fused-ring (bicyclic) bond motifs is 3. The van der Waals surface area contributed by atoms with E-state index in [1.165, 1.54) is 7.11 Å². The van der Waals surface area contributed by atoms with Crippen LogP contribution >= 0.6 is 0 Å². The van der Waals surface area contributed by atoms with Gasteiger partial charge in [0.25, 0.3) is 0 Å². The monoisotopic (exact) mass is 465 g/mol. The fourth-order valence-corrected chi connectivity index (χ4v) is 3.98. The van der Waals surface area contributed by atoms with Crippen molar-refractivity contribution in [2.24, 2.45) is 5.11 Å². The summed E-state index contributed by atoms with van der Waals surface area (Å²) in [6, 6.07) is 15.1. The fraction of sp³-hybridized carbons (Fsp3) is 0.375. The van der Waals surface area contributed by atoms with E-state index in [0.29, 0.717) is 12.8 Å². The molecule has 0 saturated carbocycles. The molecule has 10 nitrogen and oxygen atoms in total. The van der Waals surface area contributed by atoms with Crippen molar-refractivity contribution in [1.29, 1.82) is 0 Å². The van der Waals surface area contributed by atoms with Crippen LogP contribution in [0.3, 0.4) is 0 Å². The largest absolute Gasteiger partial charge is 0.468 e. The average Bonchev–Trinajstić information content (AvgIpc) is 3.18. The second kappa shape index (κ2) is 12.3. The molecule has 0 saturated heterocycles. The van der Waals surface area contributed by atoms with E-state index in [9.17, 15) is 14.4 Å². The van der Waals surface area contributed by atoms with Crippen LogP contribution in [0.25, 0.3) is 21.6 Å². The maximum Gasteiger partial charge on any atom is 0.407 e. The number of hydrogen-bond acceptors (Lipinski definition) is 6. The number of carbonyl (C=O) groups excluding carboxylic acids is 3. The van der Waals surface area contributed by atoms with E-state index in [4.69, 9.17) is 10.3 Å². The van der Waals surface area contributed by atoms with E-state index < -0.39 is 24.0 Å². The van der Waals surface area contributed by atoms with Crippen molar-refractivity contribution in [2.75, 3.05) is 26.8 Å². The summed E-state index contributed by atoms with van der Waals surface area (Å²) in [6.45, 7) is 0.0993. The lowest BCUT2D eigenvalue weighted by molar-refractivity contribution is -0.141. The molecule has 0 aromatic heterocycles. The Labute approximate surface area is 197 Å². The minimum atomic E-state index is -0.911. The van der Waals surface area contributed by atoms with Crippen molar-refractivity contribution in [3.8, 4) is 11.1 Å². The van der Waals surface area contributed by atoms with Gasteiger partial charge in [0.2, 0.25) is 5.91 Å². The van der Waals surface area contributed by atoms with Gasteiger partial charge in [0.05, 0.1) is 7.11 Å². The third kappa shape index (κ3) is 6.26. The summed E-state index contributed by atoms with van der Waals surface area (Å²) in [5.41, 5.74) is 12.8. The molecule has 178 valence electrons. The van der Waals surface area contributed by atoms with Crippen molar-refractivity contribution in [3.05, 3.63) is 70.1 Å². The number of carbonyl (C=O) groups is 3. The number of benzene rings is 2. The molecule has 34 heavy (non-hydrogen) atoms. The number of ether oxygens (including phenoxy) is 2. The Balaban J connectivity index is 1.61. The first-order valence-electron chi connectivity index (χ1n) is 11.0. The summed E-state index contributed by atoms with van der Waals surface area (Å²) in [5, 5.41) is 8.50. The molecule has 2 aromatic rings. The van der Waals surface area contributed by atoms with Gasteiger partial charge in [-0.1, -0.05) is 60.1 Å². The predicted octanol–water partition coefficient (Wildman–Crippen LogP) is 3.66. The quantitative estimate of drug-likeness (QED) is 0.171. The number of alkyl carbamates (subject to hydrolysis) is 1. The van der Waals surface area contributed by atoms with Crippen LogP contribution in [0, 0.1) is 0 Å². The van der Waals surface area contributed by atoms with Gasteiger partial charge in [-0.2, -0.15) is 0 Å². The number of unbranched alkanes of at least 4 members (excludes halogenated alkanes) is 1. The number of nitrogens with zero attached hydrogens (tertiary/aromatic N) is 3. The van der Waals surface area contributed by atoms with Gasteiger partial charge in [-0.25, -0.2) is 4.79 Å². The molecule has 2 aromatic carbocycles. The fourth-order valence-electron chi connectivity index (χ4n) is 3.98. The molecule has 1 atom stereocenters. The highest BCUT2D eigenvalue weighted by atomic mass is 16.5. The number of hydrogen-bond donors (Lipinski definition) is 2. The number of esters is 1. The number of azide groups is 1. The highest BCUT2D eigenvalue weighted by Gasteiger charge is 2.29. The number of nitrogens with one attached hydrogen (secondary N) is 2. The molecule has 1 aliphatic rings. The van der Waals surface area contributed by atoms with Crippen molar-refractivity contribution in [1.82, 2.24) is 10.6 Å². The lowest BCUT2D eigenvalue weighted by atomic mass is 9.98. The smallest absolute Gasteiger partial charge is 0.407 e. The van der Waals surface area contributed by atoms with Crippen LogP contribution in [-0.2, 0) is 19.1 Å². The molecular weight excluding hydrogens is 438 g/mol. The molecule has 0 aliphatic heterocycles. The summed E-state index contributed by atoms with van der Waals surface area (Å²) >= 11 is 0. The average molecular weight is 466 g/mol. The third-order valence-corrected chi connectivity index (χ3v) is 5.65. The molecule has 0 fully saturated rings. The van der Waals surface area contributed by atoms with Crippen molar-refractivity contribution in [2.45, 2.75) is 31.2 Å². The van der Waals surface area contributed by atoms with E-state index in [1.807, 2.05) is 48.5 Å². The van der Waals surface area contributed by atoms with Gasteiger partial charge < -0.3 is 20.1 Å². The molecule has 0 spiro atoms. The second-order valence-corrected chi connectivity index (χ2v) is 7.77. The zero-order chi connectivity index (χ0) is 24.3. The van der Waals surface area contributed by atoms with Crippen LogP contribution in [0.15, 0.2) is 53.6 Å². The maximum atomic E-state index is 12.6. The lowest BCUT2D eigenvalue weighted by Crippen LogP contribution is -2.48. The molecular formula is C24H27N5O5. The molecule has 3 rings (SSSR count). The standard InChI is InChI=1S/C24H27N5O5/c1-33-22(30)14-26-23(31)21(12-6-7-13-27-29-25)28-24(32)34-15-20-18-10-4-2-8-16(18)17-9-3-5-11-19(17)20/h2-5,8-11,20-21H,6-7,12-15H2,1H3,(H,26,31)(H,28,32)/t21-/m0/s1. The minimum absolute atomic E-state index is 0.103. The molecule has 0 bridgehead atoms. The van der Waals surface area contributed by atoms with E-state index in [1.54, 1.807) is 0 Å². The molecule has 0 unspecified atom stereocenters. The first-order chi connectivity index (χ1) is 16.5. The third-order valence-electron chi connectivity index (χ3n) is 5.65. The molecule has 10 heteroatoms. The topological polar surface area (TPSA) is 142 Å². The van der Waals surface area contributed by atoms with E-state index in [2.05, 4.69) is 25.4 Å². The summed E-state index contributed by atoms with van der Waals surface area (Å²) in [4.78, 5) is 39.2. The lowest BCUT2D eigenvalue weighted by Gasteiger charge is -2.19. The SMILES string of the molecule is COC(=O)CNC(=O)[C@H](CCCCN=[N+]=[N-])NC(=O)OCC1c2ccccc2-c2ccccc21. The highest BCUT2D eigenvalue weighted by Crippen LogP contribution is 2.44. The Hall–Kier alpha value is -4.04. The first kappa shape index (κ1) is 24.6. The normalized spacial score (nSPS) is 12.5. The van der Waals surface area contributed by atoms with Crippen molar-refractivity contribution >= 4 is 18.0 Å². The zero-order valence-corrected chi connectivity index (χ0v) is 18.9.